The number of benzene rings is 1. The summed E-state index contributed by atoms with van der Waals surface area (Å²) in [4.78, 5) is 42.0. The first-order chi connectivity index (χ1) is 14.4. The molecule has 1 aromatic carbocycles. The summed E-state index contributed by atoms with van der Waals surface area (Å²) in [5, 5.41) is 0. The molecule has 2 aliphatic rings. The van der Waals surface area contributed by atoms with Crippen LogP contribution in [0.15, 0.2) is 35.3 Å². The molecule has 2 amide bonds. The minimum atomic E-state index is -0.428. The Hall–Kier alpha value is -3.00. The monoisotopic (exact) mass is 413 g/mol. The molecule has 1 saturated heterocycles. The molecule has 1 aromatic heterocycles. The number of nitrogens with zero attached hydrogens (tertiary/aromatic N) is 3. The summed E-state index contributed by atoms with van der Waals surface area (Å²) in [7, 11) is 1.61. The number of carbonyl (C=O) groups is 2. The Kier molecular flexibility index (Phi) is 5.42. The van der Waals surface area contributed by atoms with Crippen LogP contribution in [0.3, 0.4) is 0 Å². The van der Waals surface area contributed by atoms with Crippen molar-refractivity contribution < 1.29 is 18.7 Å². The normalized spacial score (nSPS) is 18.4. The number of halogens is 1. The van der Waals surface area contributed by atoms with E-state index in [1.807, 2.05) is 0 Å². The maximum Gasteiger partial charge on any atom is 0.268 e. The smallest absolute Gasteiger partial charge is 0.268 e. The summed E-state index contributed by atoms with van der Waals surface area (Å²) < 4.78 is 20.1. The first-order valence-corrected chi connectivity index (χ1v) is 10.00. The number of pyridine rings is 1. The number of likely N-dealkylation sites (tertiary alicyclic amines) is 1. The quantitative estimate of drug-likeness (QED) is 0.769. The van der Waals surface area contributed by atoms with E-state index in [1.54, 1.807) is 23.1 Å². The molecule has 7 nitrogen and oxygen atoms in total. The third-order valence-electron chi connectivity index (χ3n) is 5.93. The van der Waals surface area contributed by atoms with Crippen LogP contribution < -0.4 is 5.56 Å². The van der Waals surface area contributed by atoms with Crippen molar-refractivity contribution in [3.63, 3.8) is 0 Å². The second-order valence-corrected chi connectivity index (χ2v) is 7.75. The molecule has 3 heterocycles. The van der Waals surface area contributed by atoms with E-state index in [9.17, 15) is 18.8 Å². The lowest BCUT2D eigenvalue weighted by Gasteiger charge is -2.30. The van der Waals surface area contributed by atoms with Crippen LogP contribution in [0.4, 0.5) is 4.39 Å². The number of amides is 2. The molecule has 0 radical (unpaired) electrons. The van der Waals surface area contributed by atoms with Gasteiger partial charge in [0.05, 0.1) is 6.10 Å². The molecule has 8 heteroatoms. The van der Waals surface area contributed by atoms with Crippen LogP contribution in [0.1, 0.15) is 34.8 Å². The van der Waals surface area contributed by atoms with Gasteiger partial charge in [-0.25, -0.2) is 4.39 Å². The number of aromatic nitrogens is 1. The first kappa shape index (κ1) is 20.3. The second-order valence-electron chi connectivity index (χ2n) is 7.75. The Morgan fingerprint density at radius 2 is 1.87 bits per heavy atom. The van der Waals surface area contributed by atoms with Gasteiger partial charge in [0.25, 0.3) is 11.5 Å². The van der Waals surface area contributed by atoms with Gasteiger partial charge in [-0.15, -0.1) is 0 Å². The summed E-state index contributed by atoms with van der Waals surface area (Å²) >= 11 is 0. The number of carbonyl (C=O) groups excluding carboxylic acids is 2. The summed E-state index contributed by atoms with van der Waals surface area (Å²) in [5.74, 6) is -0.787. The van der Waals surface area contributed by atoms with E-state index in [-0.39, 0.29) is 23.5 Å². The highest BCUT2D eigenvalue weighted by Gasteiger charge is 2.33. The van der Waals surface area contributed by atoms with E-state index in [4.69, 9.17) is 4.74 Å². The van der Waals surface area contributed by atoms with Crippen molar-refractivity contribution in [2.75, 3.05) is 26.7 Å². The Morgan fingerprint density at radius 1 is 1.13 bits per heavy atom. The average molecular weight is 413 g/mol. The molecule has 4 rings (SSSR count). The van der Waals surface area contributed by atoms with Gasteiger partial charge in [-0.05, 0) is 48.2 Å². The standard InChI is InChI=1S/C22H24FN3O4/c1-14(27)24-10-8-19-15(11-24)12-26(17-5-3-16(23)4-6-17)22(29)20(19)21(28)25-9-7-18(13-25)30-2/h3-6,12,18H,7-11,13H2,1-2H3. The fourth-order valence-electron chi connectivity index (χ4n) is 4.20. The molecule has 0 aliphatic carbocycles. The Labute approximate surface area is 173 Å². The van der Waals surface area contributed by atoms with Crippen LogP contribution in [0, 0.1) is 5.82 Å². The molecular formula is C22H24FN3O4. The maximum atomic E-state index is 13.4. The second kappa shape index (κ2) is 8.02. The van der Waals surface area contributed by atoms with Crippen molar-refractivity contribution in [2.24, 2.45) is 0 Å². The molecule has 0 spiro atoms. The highest BCUT2D eigenvalue weighted by atomic mass is 19.1. The van der Waals surface area contributed by atoms with Gasteiger partial charge in [0.2, 0.25) is 5.91 Å². The lowest BCUT2D eigenvalue weighted by atomic mass is 9.95. The lowest BCUT2D eigenvalue weighted by Crippen LogP contribution is -2.41. The van der Waals surface area contributed by atoms with Crippen molar-refractivity contribution >= 4 is 11.8 Å². The van der Waals surface area contributed by atoms with E-state index >= 15 is 0 Å². The molecule has 1 fully saturated rings. The van der Waals surface area contributed by atoms with E-state index in [2.05, 4.69) is 0 Å². The van der Waals surface area contributed by atoms with Gasteiger partial charge in [-0.1, -0.05) is 0 Å². The minimum Gasteiger partial charge on any atom is -0.380 e. The molecule has 0 saturated carbocycles. The summed E-state index contributed by atoms with van der Waals surface area (Å²) in [5.41, 5.74) is 1.63. The molecule has 2 aliphatic heterocycles. The van der Waals surface area contributed by atoms with E-state index in [0.29, 0.717) is 43.9 Å². The van der Waals surface area contributed by atoms with Gasteiger partial charge in [0.15, 0.2) is 0 Å². The van der Waals surface area contributed by atoms with Crippen LogP contribution in [-0.2, 0) is 22.5 Å². The molecule has 158 valence electrons. The third kappa shape index (κ3) is 3.63. The predicted octanol–water partition coefficient (Wildman–Crippen LogP) is 1.74. The number of methoxy groups -OCH3 is 1. The summed E-state index contributed by atoms with van der Waals surface area (Å²) in [6.45, 7) is 3.25. The molecular weight excluding hydrogens is 389 g/mol. The minimum absolute atomic E-state index is 0.0407. The van der Waals surface area contributed by atoms with Crippen molar-refractivity contribution in [3.8, 4) is 5.69 Å². The molecule has 0 bridgehead atoms. The van der Waals surface area contributed by atoms with Crippen LogP contribution in [0.25, 0.3) is 5.69 Å². The zero-order chi connectivity index (χ0) is 21.4. The van der Waals surface area contributed by atoms with Crippen LogP contribution in [0.5, 0.6) is 0 Å². The fraction of sp³-hybridized carbons (Fsp3) is 0.409. The van der Waals surface area contributed by atoms with Crippen LogP contribution in [-0.4, -0.2) is 59.0 Å². The molecule has 0 N–H and O–H groups in total. The Morgan fingerprint density at radius 3 is 2.50 bits per heavy atom. The molecule has 30 heavy (non-hydrogen) atoms. The highest BCUT2D eigenvalue weighted by molar-refractivity contribution is 5.96. The Balaban J connectivity index is 1.83. The van der Waals surface area contributed by atoms with Crippen LogP contribution >= 0.6 is 0 Å². The van der Waals surface area contributed by atoms with E-state index in [0.717, 1.165) is 12.0 Å². The SMILES string of the molecule is COC1CCN(C(=O)c2c3c(cn(-c4ccc(F)cc4)c2=O)CN(C(C)=O)CC3)C1. The molecule has 2 aromatic rings. The van der Waals surface area contributed by atoms with Crippen molar-refractivity contribution in [2.45, 2.75) is 32.4 Å². The molecule has 1 unspecified atom stereocenters. The lowest BCUT2D eigenvalue weighted by molar-refractivity contribution is -0.129. The van der Waals surface area contributed by atoms with Crippen LogP contribution in [0.2, 0.25) is 0 Å². The summed E-state index contributed by atoms with van der Waals surface area (Å²) in [6.07, 6.45) is 2.79. The number of hydrogen-bond donors (Lipinski definition) is 0. The van der Waals surface area contributed by atoms with Gasteiger partial charge in [-0.3, -0.25) is 19.0 Å². The number of hydrogen-bond acceptors (Lipinski definition) is 4. The zero-order valence-corrected chi connectivity index (χ0v) is 17.1. The molecule has 1 atom stereocenters. The number of ether oxygens (including phenoxy) is 1. The summed E-state index contributed by atoms with van der Waals surface area (Å²) in [6, 6.07) is 5.54. The maximum absolute atomic E-state index is 13.4. The zero-order valence-electron chi connectivity index (χ0n) is 17.1. The van der Waals surface area contributed by atoms with Crippen molar-refractivity contribution in [1.29, 1.82) is 0 Å². The van der Waals surface area contributed by atoms with E-state index < -0.39 is 11.4 Å². The van der Waals surface area contributed by atoms with Gasteiger partial charge in [-0.2, -0.15) is 0 Å². The van der Waals surface area contributed by atoms with Gasteiger partial charge < -0.3 is 14.5 Å². The largest absolute Gasteiger partial charge is 0.380 e. The fourth-order valence-corrected chi connectivity index (χ4v) is 4.20. The Bertz CT molecular complexity index is 1050. The van der Waals surface area contributed by atoms with Gasteiger partial charge >= 0.3 is 0 Å². The van der Waals surface area contributed by atoms with Crippen molar-refractivity contribution in [1.82, 2.24) is 14.4 Å². The topological polar surface area (TPSA) is 71.8 Å². The van der Waals surface area contributed by atoms with Gasteiger partial charge in [0, 0.05) is 52.1 Å². The third-order valence-corrected chi connectivity index (χ3v) is 5.93. The highest BCUT2D eigenvalue weighted by Crippen LogP contribution is 2.24. The van der Waals surface area contributed by atoms with E-state index in [1.165, 1.54) is 35.8 Å². The van der Waals surface area contributed by atoms with Gasteiger partial charge in [0.1, 0.15) is 11.4 Å². The number of fused-ring (bicyclic) bond motifs is 1. The average Bonchev–Trinajstić information content (AvgIpc) is 3.22. The number of rotatable bonds is 3. The first-order valence-electron chi connectivity index (χ1n) is 10.00. The van der Waals surface area contributed by atoms with Crippen molar-refractivity contribution in [3.05, 3.63) is 63.3 Å². The predicted molar refractivity (Wildman–Crippen MR) is 108 cm³/mol.